The van der Waals surface area contributed by atoms with Crippen molar-refractivity contribution >= 4 is 26.1 Å². The van der Waals surface area contributed by atoms with Gasteiger partial charge in [0, 0.05) is 44.8 Å². The number of Topliss-reactive ketones (excluding diaryl/α,β-unsaturated/α-hetero) is 2. The van der Waals surface area contributed by atoms with Gasteiger partial charge in [-0.05, 0) is 77.2 Å². The summed E-state index contributed by atoms with van der Waals surface area (Å²) < 4.78 is 0. The molecule has 1 amide bonds. The molecule has 0 aliphatic carbocycles. The maximum absolute atomic E-state index is 12.6. The van der Waals surface area contributed by atoms with Crippen molar-refractivity contribution in [2.75, 3.05) is 65.7 Å². The van der Waals surface area contributed by atoms with Crippen LogP contribution in [0.5, 0.6) is 0 Å². The van der Waals surface area contributed by atoms with E-state index in [9.17, 15) is 14.4 Å². The van der Waals surface area contributed by atoms with Crippen LogP contribution >= 0.6 is 8.58 Å². The van der Waals surface area contributed by atoms with Crippen LogP contribution in [0.2, 0.25) is 0 Å². The molecule has 0 aromatic carbocycles. The first-order valence-corrected chi connectivity index (χ1v) is 14.6. The predicted molar refractivity (Wildman–Crippen MR) is 143 cm³/mol. The van der Waals surface area contributed by atoms with E-state index in [-0.39, 0.29) is 23.7 Å². The molecule has 4 atom stereocenters. The van der Waals surface area contributed by atoms with Crippen LogP contribution in [0.1, 0.15) is 58.3 Å². The summed E-state index contributed by atoms with van der Waals surface area (Å²) in [5, 5.41) is 16.1. The molecular formula is C25H50N5O3P. The Labute approximate surface area is 209 Å². The van der Waals surface area contributed by atoms with Crippen molar-refractivity contribution in [3.8, 4) is 0 Å². The van der Waals surface area contributed by atoms with Crippen molar-refractivity contribution in [2.45, 2.75) is 64.3 Å². The highest BCUT2D eigenvalue weighted by atomic mass is 31.1. The van der Waals surface area contributed by atoms with Crippen LogP contribution in [-0.4, -0.2) is 89.2 Å². The first-order valence-electron chi connectivity index (χ1n) is 13.2. The molecule has 1 aliphatic rings. The quantitative estimate of drug-likeness (QED) is 0.320. The largest absolute Gasteiger partial charge is 0.356 e. The second kappa shape index (κ2) is 20.3. The predicted octanol–water partition coefficient (Wildman–Crippen LogP) is 1.29. The van der Waals surface area contributed by atoms with Crippen LogP contribution in [0.3, 0.4) is 0 Å². The van der Waals surface area contributed by atoms with Crippen LogP contribution in [0.4, 0.5) is 0 Å². The standard InChI is InChI=1S/C25H50N5O3P/c1-4-28-18-24(32)12-20-16-29-10-7-9-23(31)13-21(15-26-2)19-34-11-6-5-8-22(27-3)14-25(33)30-17-20/h20-22,26-29,34H,4-19H2,1-3H3,(H,30,33). The maximum Gasteiger partial charge on any atom is 0.221 e. The lowest BCUT2D eigenvalue weighted by atomic mass is 10.0. The number of amides is 1. The van der Waals surface area contributed by atoms with Gasteiger partial charge in [0.25, 0.3) is 0 Å². The molecule has 1 heterocycles. The summed E-state index contributed by atoms with van der Waals surface area (Å²) in [4.78, 5) is 37.4. The Kier molecular flexibility index (Phi) is 18.6. The SMILES string of the molecule is CCNCC(=O)CC1CNCCCC(=O)CC(CNC)CPCCCCC(NC)CC(=O)NC1. The Morgan fingerprint density at radius 3 is 2.65 bits per heavy atom. The third-order valence-electron chi connectivity index (χ3n) is 6.36. The van der Waals surface area contributed by atoms with E-state index < -0.39 is 0 Å². The third kappa shape index (κ3) is 15.9. The van der Waals surface area contributed by atoms with Crippen LogP contribution in [0.25, 0.3) is 0 Å². The Balaban J connectivity index is 2.69. The van der Waals surface area contributed by atoms with Gasteiger partial charge in [-0.2, -0.15) is 0 Å². The Bertz CT molecular complexity index is 579. The molecule has 9 heteroatoms. The van der Waals surface area contributed by atoms with Gasteiger partial charge in [0.1, 0.15) is 11.6 Å². The first-order chi connectivity index (χ1) is 16.5. The van der Waals surface area contributed by atoms with Gasteiger partial charge in [0.15, 0.2) is 0 Å². The summed E-state index contributed by atoms with van der Waals surface area (Å²) >= 11 is 0. The molecule has 198 valence electrons. The Hall–Kier alpha value is -0.920. The van der Waals surface area contributed by atoms with Crippen LogP contribution < -0.4 is 26.6 Å². The van der Waals surface area contributed by atoms with Crippen molar-refractivity contribution in [1.29, 1.82) is 0 Å². The normalized spacial score (nSPS) is 26.1. The molecule has 0 spiro atoms. The summed E-state index contributed by atoms with van der Waals surface area (Å²) in [6.45, 7) is 5.91. The highest BCUT2D eigenvalue weighted by molar-refractivity contribution is 7.37. The highest BCUT2D eigenvalue weighted by Gasteiger charge is 2.18. The lowest BCUT2D eigenvalue weighted by Crippen LogP contribution is -2.39. The van der Waals surface area contributed by atoms with Crippen molar-refractivity contribution < 1.29 is 14.4 Å². The zero-order valence-corrected chi connectivity index (χ0v) is 22.8. The molecule has 34 heavy (non-hydrogen) atoms. The van der Waals surface area contributed by atoms with Gasteiger partial charge in [-0.3, -0.25) is 14.4 Å². The van der Waals surface area contributed by atoms with Gasteiger partial charge in [0.2, 0.25) is 5.91 Å². The second-order valence-corrected chi connectivity index (χ2v) is 11.0. The summed E-state index contributed by atoms with van der Waals surface area (Å²) in [5.41, 5.74) is 0. The van der Waals surface area contributed by atoms with Gasteiger partial charge >= 0.3 is 0 Å². The minimum absolute atomic E-state index is 0.0419. The highest BCUT2D eigenvalue weighted by Crippen LogP contribution is 2.21. The average Bonchev–Trinajstić information content (AvgIpc) is 2.81. The van der Waals surface area contributed by atoms with Crippen molar-refractivity contribution in [1.82, 2.24) is 26.6 Å². The molecule has 8 nitrogen and oxygen atoms in total. The average molecular weight is 500 g/mol. The molecule has 1 rings (SSSR count). The molecular weight excluding hydrogens is 449 g/mol. The molecule has 0 aromatic rings. The summed E-state index contributed by atoms with van der Waals surface area (Å²) in [6.07, 6.45) is 8.55. The minimum Gasteiger partial charge on any atom is -0.356 e. The lowest BCUT2D eigenvalue weighted by Gasteiger charge is -2.20. The zero-order valence-electron chi connectivity index (χ0n) is 21.8. The minimum atomic E-state index is 0.0419. The number of carbonyl (C=O) groups excluding carboxylic acids is 3. The van der Waals surface area contributed by atoms with E-state index in [0.717, 1.165) is 53.6 Å². The van der Waals surface area contributed by atoms with E-state index >= 15 is 0 Å². The second-order valence-electron chi connectivity index (χ2n) is 9.56. The molecule has 5 N–H and O–H groups in total. The zero-order chi connectivity index (χ0) is 25.0. The number of carbonyl (C=O) groups is 3. The molecule has 1 saturated heterocycles. The van der Waals surface area contributed by atoms with E-state index in [1.165, 1.54) is 12.6 Å². The molecule has 0 aromatic heterocycles. The van der Waals surface area contributed by atoms with Crippen LogP contribution in [0, 0.1) is 11.8 Å². The first kappa shape index (κ1) is 31.1. The van der Waals surface area contributed by atoms with E-state index in [1.54, 1.807) is 0 Å². The van der Waals surface area contributed by atoms with Gasteiger partial charge in [-0.1, -0.05) is 13.3 Å². The smallest absolute Gasteiger partial charge is 0.221 e. The van der Waals surface area contributed by atoms with Crippen molar-refractivity contribution in [2.24, 2.45) is 11.8 Å². The fourth-order valence-corrected chi connectivity index (χ4v) is 5.77. The van der Waals surface area contributed by atoms with E-state index in [2.05, 4.69) is 26.6 Å². The number of hydrogen-bond donors (Lipinski definition) is 5. The third-order valence-corrected chi connectivity index (χ3v) is 7.93. The maximum atomic E-state index is 12.6. The number of ketones is 2. The Morgan fingerprint density at radius 1 is 1.09 bits per heavy atom. The van der Waals surface area contributed by atoms with E-state index in [0.29, 0.717) is 57.0 Å². The van der Waals surface area contributed by atoms with Gasteiger partial charge in [0.05, 0.1) is 6.54 Å². The Morgan fingerprint density at radius 2 is 1.91 bits per heavy atom. The van der Waals surface area contributed by atoms with Crippen molar-refractivity contribution in [3.05, 3.63) is 0 Å². The van der Waals surface area contributed by atoms with Crippen LogP contribution in [0.15, 0.2) is 0 Å². The molecule has 0 saturated carbocycles. The number of rotatable bonds is 8. The molecule has 0 bridgehead atoms. The topological polar surface area (TPSA) is 111 Å². The van der Waals surface area contributed by atoms with Gasteiger partial charge in [-0.15, -0.1) is 8.58 Å². The van der Waals surface area contributed by atoms with Gasteiger partial charge in [-0.25, -0.2) is 0 Å². The van der Waals surface area contributed by atoms with E-state index in [1.807, 2.05) is 21.0 Å². The molecule has 0 radical (unpaired) electrons. The monoisotopic (exact) mass is 499 g/mol. The summed E-state index contributed by atoms with van der Waals surface area (Å²) in [5.74, 6) is 1.03. The summed E-state index contributed by atoms with van der Waals surface area (Å²) in [6, 6.07) is 0.176. The number of hydrogen-bond acceptors (Lipinski definition) is 7. The number of likely N-dealkylation sites (N-methyl/N-ethyl adjacent to an activating group) is 1. The number of nitrogens with one attached hydrogen (secondary N) is 5. The van der Waals surface area contributed by atoms with Gasteiger partial charge < -0.3 is 26.6 Å². The molecule has 1 fully saturated rings. The lowest BCUT2D eigenvalue weighted by molar-refractivity contribution is -0.123. The van der Waals surface area contributed by atoms with Crippen molar-refractivity contribution in [3.63, 3.8) is 0 Å². The fourth-order valence-electron chi connectivity index (χ4n) is 4.37. The van der Waals surface area contributed by atoms with Crippen LogP contribution in [-0.2, 0) is 14.4 Å². The molecule has 4 unspecified atom stereocenters. The summed E-state index contributed by atoms with van der Waals surface area (Å²) in [7, 11) is 4.77. The van der Waals surface area contributed by atoms with E-state index in [4.69, 9.17) is 0 Å². The fraction of sp³-hybridized carbons (Fsp3) is 0.880. The molecule has 1 aliphatic heterocycles.